The summed E-state index contributed by atoms with van der Waals surface area (Å²) in [6.07, 6.45) is 5.05. The van der Waals surface area contributed by atoms with Crippen LogP contribution in [0.15, 0.2) is 4.99 Å². The Morgan fingerprint density at radius 3 is 2.55 bits per heavy atom. The summed E-state index contributed by atoms with van der Waals surface area (Å²) < 4.78 is 0. The zero-order valence-corrected chi connectivity index (χ0v) is 15.1. The van der Waals surface area contributed by atoms with E-state index >= 15 is 0 Å². The van der Waals surface area contributed by atoms with Gasteiger partial charge in [0.25, 0.3) is 0 Å². The molecule has 2 N–H and O–H groups in total. The van der Waals surface area contributed by atoms with Crippen molar-refractivity contribution in [2.75, 3.05) is 32.7 Å². The first kappa shape index (κ1) is 19.5. The fourth-order valence-electron chi connectivity index (χ4n) is 2.24. The fourth-order valence-corrected chi connectivity index (χ4v) is 2.24. The molecular weight excluding hydrogens is 367 g/mol. The Labute approximate surface area is 140 Å². The number of guanidine groups is 1. The van der Waals surface area contributed by atoms with E-state index in [9.17, 15) is 4.79 Å². The van der Waals surface area contributed by atoms with Gasteiger partial charge in [0.1, 0.15) is 0 Å². The maximum atomic E-state index is 11.8. The van der Waals surface area contributed by atoms with Gasteiger partial charge in [-0.2, -0.15) is 0 Å². The second kappa shape index (κ2) is 12.2. The predicted octanol–water partition coefficient (Wildman–Crippen LogP) is 1.97. The third kappa shape index (κ3) is 7.91. The number of carbonyl (C=O) groups excluding carboxylic acids is 1. The van der Waals surface area contributed by atoms with Crippen molar-refractivity contribution in [3.8, 4) is 0 Å². The van der Waals surface area contributed by atoms with Gasteiger partial charge in [0.05, 0.1) is 0 Å². The van der Waals surface area contributed by atoms with Crippen LogP contribution >= 0.6 is 24.0 Å². The standard InChI is InChI=1S/C14H28N4O.HI/c1-3-15-14(16-4-2)17-10-8-12-18-11-7-5-6-9-13(18)19;/h3-12H2,1-2H3,(H2,15,16,17);1H. The van der Waals surface area contributed by atoms with E-state index in [2.05, 4.69) is 29.5 Å². The molecule has 118 valence electrons. The molecule has 5 nitrogen and oxygen atoms in total. The zero-order chi connectivity index (χ0) is 13.9. The van der Waals surface area contributed by atoms with Crippen LogP contribution in [0, 0.1) is 0 Å². The molecule has 1 rings (SSSR count). The summed E-state index contributed by atoms with van der Waals surface area (Å²) in [4.78, 5) is 18.3. The van der Waals surface area contributed by atoms with Gasteiger partial charge in [0.15, 0.2) is 5.96 Å². The molecule has 0 bridgehead atoms. The molecule has 0 atom stereocenters. The molecule has 0 aliphatic carbocycles. The Balaban J connectivity index is 0.00000361. The minimum absolute atomic E-state index is 0. The first-order valence-electron chi connectivity index (χ1n) is 7.57. The number of aliphatic imine (C=N–C) groups is 1. The van der Waals surface area contributed by atoms with Crippen molar-refractivity contribution in [1.82, 2.24) is 15.5 Å². The van der Waals surface area contributed by atoms with Crippen molar-refractivity contribution >= 4 is 35.8 Å². The van der Waals surface area contributed by atoms with Crippen LogP contribution in [-0.2, 0) is 4.79 Å². The number of halogens is 1. The highest BCUT2D eigenvalue weighted by atomic mass is 127. The van der Waals surface area contributed by atoms with Crippen molar-refractivity contribution in [2.24, 2.45) is 4.99 Å². The van der Waals surface area contributed by atoms with Gasteiger partial charge in [-0.3, -0.25) is 9.79 Å². The average molecular weight is 396 g/mol. The van der Waals surface area contributed by atoms with E-state index < -0.39 is 0 Å². The lowest BCUT2D eigenvalue weighted by Gasteiger charge is -2.19. The first-order chi connectivity index (χ1) is 9.27. The first-order valence-corrected chi connectivity index (χ1v) is 7.57. The molecule has 0 aromatic heterocycles. The molecule has 6 heteroatoms. The molecule has 0 spiro atoms. The van der Waals surface area contributed by atoms with E-state index in [0.29, 0.717) is 5.91 Å². The fraction of sp³-hybridized carbons (Fsp3) is 0.857. The van der Waals surface area contributed by atoms with E-state index in [-0.39, 0.29) is 24.0 Å². The van der Waals surface area contributed by atoms with Crippen molar-refractivity contribution in [3.05, 3.63) is 0 Å². The van der Waals surface area contributed by atoms with Gasteiger partial charge in [-0.05, 0) is 33.1 Å². The lowest BCUT2D eigenvalue weighted by Crippen LogP contribution is -2.37. The highest BCUT2D eigenvalue weighted by Gasteiger charge is 2.15. The predicted molar refractivity (Wildman–Crippen MR) is 94.7 cm³/mol. The normalized spacial score (nSPS) is 15.1. The molecule has 1 saturated heterocycles. The van der Waals surface area contributed by atoms with Gasteiger partial charge in [-0.1, -0.05) is 6.42 Å². The maximum absolute atomic E-state index is 11.8. The summed E-state index contributed by atoms with van der Waals surface area (Å²) in [7, 11) is 0. The molecule has 0 aromatic carbocycles. The van der Waals surface area contributed by atoms with Crippen LogP contribution in [0.25, 0.3) is 0 Å². The number of hydrogen-bond acceptors (Lipinski definition) is 2. The number of nitrogens with one attached hydrogen (secondary N) is 2. The number of hydrogen-bond donors (Lipinski definition) is 2. The van der Waals surface area contributed by atoms with Crippen LogP contribution in [0.3, 0.4) is 0 Å². The summed E-state index contributed by atoms with van der Waals surface area (Å²) in [5.74, 6) is 1.19. The molecule has 1 heterocycles. The molecule has 0 unspecified atom stereocenters. The third-order valence-corrected chi connectivity index (χ3v) is 3.22. The summed E-state index contributed by atoms with van der Waals surface area (Å²) in [6, 6.07) is 0. The van der Waals surface area contributed by atoms with Crippen molar-refractivity contribution in [1.29, 1.82) is 0 Å². The molecule has 1 aliphatic heterocycles. The topological polar surface area (TPSA) is 56.7 Å². The van der Waals surface area contributed by atoms with Gasteiger partial charge in [-0.15, -0.1) is 24.0 Å². The summed E-state index contributed by atoms with van der Waals surface area (Å²) >= 11 is 0. The number of carbonyl (C=O) groups is 1. The number of nitrogens with zero attached hydrogens (tertiary/aromatic N) is 2. The van der Waals surface area contributed by atoms with Crippen LogP contribution in [-0.4, -0.2) is 49.5 Å². The maximum Gasteiger partial charge on any atom is 0.222 e. The monoisotopic (exact) mass is 396 g/mol. The largest absolute Gasteiger partial charge is 0.357 e. The second-order valence-corrected chi connectivity index (χ2v) is 4.84. The summed E-state index contributed by atoms with van der Waals surface area (Å²) in [5.41, 5.74) is 0. The molecule has 0 aromatic rings. The highest BCUT2D eigenvalue weighted by molar-refractivity contribution is 14.0. The van der Waals surface area contributed by atoms with Crippen molar-refractivity contribution in [3.63, 3.8) is 0 Å². The van der Waals surface area contributed by atoms with Crippen molar-refractivity contribution < 1.29 is 4.79 Å². The van der Waals surface area contributed by atoms with Gasteiger partial charge >= 0.3 is 0 Å². The quantitative estimate of drug-likeness (QED) is 0.313. The van der Waals surface area contributed by atoms with Crippen LogP contribution in [0.5, 0.6) is 0 Å². The van der Waals surface area contributed by atoms with Gasteiger partial charge in [0.2, 0.25) is 5.91 Å². The Morgan fingerprint density at radius 1 is 1.20 bits per heavy atom. The molecular formula is C14H29IN4O. The van der Waals surface area contributed by atoms with Crippen molar-refractivity contribution in [2.45, 2.75) is 46.0 Å². The van der Waals surface area contributed by atoms with Crippen LogP contribution in [0.2, 0.25) is 0 Å². The van der Waals surface area contributed by atoms with Crippen LogP contribution in [0.4, 0.5) is 0 Å². The molecule has 0 saturated carbocycles. The van der Waals surface area contributed by atoms with E-state index in [1.807, 2.05) is 4.90 Å². The van der Waals surface area contributed by atoms with Crippen LogP contribution in [0.1, 0.15) is 46.0 Å². The Hall–Kier alpha value is -0.530. The van der Waals surface area contributed by atoms with E-state index in [1.54, 1.807) is 0 Å². The Morgan fingerprint density at radius 2 is 1.90 bits per heavy atom. The summed E-state index contributed by atoms with van der Waals surface area (Å²) in [6.45, 7) is 8.39. The average Bonchev–Trinajstić information content (AvgIpc) is 2.60. The van der Waals surface area contributed by atoms with Gasteiger partial charge < -0.3 is 15.5 Å². The van der Waals surface area contributed by atoms with Gasteiger partial charge in [-0.25, -0.2) is 0 Å². The summed E-state index contributed by atoms with van der Waals surface area (Å²) in [5, 5.41) is 6.40. The Kier molecular flexibility index (Phi) is 11.9. The Bertz CT molecular complexity index is 289. The second-order valence-electron chi connectivity index (χ2n) is 4.84. The van der Waals surface area contributed by atoms with Gasteiger partial charge in [0, 0.05) is 39.1 Å². The van der Waals surface area contributed by atoms with E-state index in [0.717, 1.165) is 64.4 Å². The molecule has 1 fully saturated rings. The SMILES string of the molecule is CCNC(=NCCCN1CCCCCC1=O)NCC.I. The highest BCUT2D eigenvalue weighted by Crippen LogP contribution is 2.11. The number of likely N-dealkylation sites (tertiary alicyclic amines) is 1. The minimum atomic E-state index is 0. The third-order valence-electron chi connectivity index (χ3n) is 3.22. The molecule has 0 radical (unpaired) electrons. The zero-order valence-electron chi connectivity index (χ0n) is 12.8. The lowest BCUT2D eigenvalue weighted by atomic mass is 10.2. The molecule has 1 aliphatic rings. The van der Waals surface area contributed by atoms with Crippen LogP contribution < -0.4 is 10.6 Å². The molecule has 1 amide bonds. The van der Waals surface area contributed by atoms with E-state index in [4.69, 9.17) is 0 Å². The smallest absolute Gasteiger partial charge is 0.222 e. The number of amides is 1. The van der Waals surface area contributed by atoms with E-state index in [1.165, 1.54) is 6.42 Å². The minimum Gasteiger partial charge on any atom is -0.357 e. The lowest BCUT2D eigenvalue weighted by molar-refractivity contribution is -0.130. The molecule has 20 heavy (non-hydrogen) atoms. The number of rotatable bonds is 6.